The van der Waals surface area contributed by atoms with Crippen LogP contribution in [-0.4, -0.2) is 58.2 Å². The molecule has 0 atom stereocenters. The molecular weight excluding hydrogens is 586 g/mol. The Morgan fingerprint density at radius 2 is 1.39 bits per heavy atom. The van der Waals surface area contributed by atoms with E-state index in [1.165, 1.54) is 18.3 Å². The van der Waals surface area contributed by atoms with Gasteiger partial charge in [0, 0.05) is 37.2 Å². The molecule has 0 saturated heterocycles. The van der Waals surface area contributed by atoms with E-state index in [0.29, 0.717) is 36.4 Å². The van der Waals surface area contributed by atoms with Crippen molar-refractivity contribution < 1.29 is 28.7 Å². The Hall–Kier alpha value is -5.19. The quantitative estimate of drug-likeness (QED) is 0.267. The Morgan fingerprint density at radius 3 is 1.93 bits per heavy atom. The van der Waals surface area contributed by atoms with Crippen LogP contribution in [0.1, 0.15) is 79.9 Å². The lowest BCUT2D eigenvalue weighted by atomic mass is 9.99. The first-order valence-corrected chi connectivity index (χ1v) is 15.1. The second kappa shape index (κ2) is 14.3. The Bertz CT molecular complexity index is 1580. The largest absolute Gasteiger partial charge is 0.444 e. The van der Waals surface area contributed by atoms with E-state index in [9.17, 15) is 19.2 Å². The molecule has 0 bridgehead atoms. The van der Waals surface area contributed by atoms with Crippen LogP contribution in [0.2, 0.25) is 0 Å². The van der Waals surface area contributed by atoms with E-state index in [-0.39, 0.29) is 24.2 Å². The van der Waals surface area contributed by atoms with Gasteiger partial charge < -0.3 is 30.3 Å². The van der Waals surface area contributed by atoms with Gasteiger partial charge in [-0.1, -0.05) is 30.3 Å². The van der Waals surface area contributed by atoms with E-state index >= 15 is 0 Å². The third-order valence-corrected chi connectivity index (χ3v) is 6.68. The van der Waals surface area contributed by atoms with Gasteiger partial charge in [-0.2, -0.15) is 0 Å². The molecule has 2 aromatic carbocycles. The summed E-state index contributed by atoms with van der Waals surface area (Å²) < 4.78 is 10.7. The second-order valence-corrected chi connectivity index (χ2v) is 12.9. The number of amides is 4. The molecule has 0 fully saturated rings. The van der Waals surface area contributed by atoms with Crippen LogP contribution in [0.15, 0.2) is 72.9 Å². The van der Waals surface area contributed by atoms with Crippen molar-refractivity contribution in [1.29, 1.82) is 0 Å². The van der Waals surface area contributed by atoms with Crippen molar-refractivity contribution in [3.05, 3.63) is 95.3 Å². The highest BCUT2D eigenvalue weighted by atomic mass is 16.6. The molecule has 1 aromatic heterocycles. The van der Waals surface area contributed by atoms with E-state index in [0.717, 1.165) is 16.7 Å². The predicted molar refractivity (Wildman–Crippen MR) is 177 cm³/mol. The van der Waals surface area contributed by atoms with Crippen molar-refractivity contribution in [3.8, 4) is 0 Å². The molecule has 1 aliphatic heterocycles. The second-order valence-electron chi connectivity index (χ2n) is 12.9. The summed E-state index contributed by atoms with van der Waals surface area (Å²) in [6.45, 7) is 12.3. The third kappa shape index (κ3) is 10.2. The summed E-state index contributed by atoms with van der Waals surface area (Å²) in [6, 6.07) is 17.6. The fourth-order valence-corrected chi connectivity index (χ4v) is 4.45. The van der Waals surface area contributed by atoms with Crippen LogP contribution < -0.4 is 16.0 Å². The van der Waals surface area contributed by atoms with E-state index in [1.807, 2.05) is 51.1 Å². The minimum atomic E-state index is -0.577. The van der Waals surface area contributed by atoms with Crippen LogP contribution in [0.4, 0.5) is 21.0 Å². The fourth-order valence-electron chi connectivity index (χ4n) is 4.45. The monoisotopic (exact) mass is 627 g/mol. The number of nitrogens with zero attached hydrogens (tertiary/aromatic N) is 2. The van der Waals surface area contributed by atoms with Crippen LogP contribution >= 0.6 is 0 Å². The van der Waals surface area contributed by atoms with Gasteiger partial charge in [-0.25, -0.2) is 9.59 Å². The molecule has 242 valence electrons. The molecule has 4 amide bonds. The minimum Gasteiger partial charge on any atom is -0.444 e. The van der Waals surface area contributed by atoms with E-state index in [2.05, 4.69) is 20.9 Å². The average molecular weight is 628 g/mol. The van der Waals surface area contributed by atoms with Crippen molar-refractivity contribution in [2.24, 2.45) is 0 Å². The van der Waals surface area contributed by atoms with E-state index < -0.39 is 23.2 Å². The Labute approximate surface area is 269 Å². The summed E-state index contributed by atoms with van der Waals surface area (Å²) in [5.41, 5.74) is 3.51. The lowest BCUT2D eigenvalue weighted by Crippen LogP contribution is -2.39. The van der Waals surface area contributed by atoms with Crippen molar-refractivity contribution in [2.45, 2.75) is 65.7 Å². The zero-order valence-corrected chi connectivity index (χ0v) is 27.1. The van der Waals surface area contributed by atoms with Crippen LogP contribution in [0.3, 0.4) is 0 Å². The number of aromatic nitrogens is 1. The Kier molecular flexibility index (Phi) is 10.5. The molecule has 2 heterocycles. The fraction of sp³-hybridized carbons (Fsp3) is 0.343. The zero-order valence-electron chi connectivity index (χ0n) is 27.1. The number of anilines is 2. The van der Waals surface area contributed by atoms with Gasteiger partial charge in [0.15, 0.2) is 0 Å². The predicted octanol–water partition coefficient (Wildman–Crippen LogP) is 6.64. The van der Waals surface area contributed by atoms with E-state index in [4.69, 9.17) is 9.47 Å². The van der Waals surface area contributed by atoms with Crippen molar-refractivity contribution >= 4 is 40.9 Å². The summed E-state index contributed by atoms with van der Waals surface area (Å²) >= 11 is 0. The molecule has 0 saturated carbocycles. The van der Waals surface area contributed by atoms with Gasteiger partial charge in [-0.15, -0.1) is 0 Å². The zero-order chi connectivity index (χ0) is 33.5. The number of pyridine rings is 1. The molecule has 4 rings (SSSR count). The lowest BCUT2D eigenvalue weighted by molar-refractivity contribution is 0.0270. The van der Waals surface area contributed by atoms with Crippen LogP contribution in [0.5, 0.6) is 0 Å². The number of benzene rings is 2. The number of carbonyl (C=O) groups excluding carboxylic acids is 4. The first-order chi connectivity index (χ1) is 21.6. The Balaban J connectivity index is 1.26. The van der Waals surface area contributed by atoms with Crippen molar-refractivity contribution in [2.75, 3.05) is 23.7 Å². The van der Waals surface area contributed by atoms with Gasteiger partial charge in [0.05, 0.1) is 5.56 Å². The molecule has 11 heteroatoms. The Morgan fingerprint density at radius 1 is 0.783 bits per heavy atom. The minimum absolute atomic E-state index is 0.166. The van der Waals surface area contributed by atoms with Crippen molar-refractivity contribution in [1.82, 2.24) is 15.2 Å². The first kappa shape index (κ1) is 33.7. The van der Waals surface area contributed by atoms with Gasteiger partial charge >= 0.3 is 12.2 Å². The number of ether oxygens (including phenoxy) is 2. The summed E-state index contributed by atoms with van der Waals surface area (Å²) in [6.07, 6.45) is 3.25. The normalized spacial score (nSPS) is 13.3. The van der Waals surface area contributed by atoms with Crippen LogP contribution in [0, 0.1) is 0 Å². The van der Waals surface area contributed by atoms with Gasteiger partial charge in [-0.3, -0.25) is 14.6 Å². The summed E-state index contributed by atoms with van der Waals surface area (Å²) in [7, 11) is 0. The van der Waals surface area contributed by atoms with Crippen LogP contribution in [-0.2, 0) is 16.0 Å². The summed E-state index contributed by atoms with van der Waals surface area (Å²) in [4.78, 5) is 55.5. The molecule has 1 aliphatic rings. The molecule has 3 aromatic rings. The molecule has 0 aliphatic carbocycles. The first-order valence-electron chi connectivity index (χ1n) is 15.1. The standard InChI is InChI=1S/C35H41N5O6/c1-34(2,3)45-32(43)37-21-23-7-12-27(13-8-23)38-30(41)26-11-16-29(36-22-26)31(42)39-28-14-9-24(10-15-28)25-17-19-40(20-18-25)33(44)46-35(4,5)6/h7-17,22H,18-21H2,1-6H3,(H,37,43)(H,38,41)(H,39,42). The highest BCUT2D eigenvalue weighted by Gasteiger charge is 2.24. The highest BCUT2D eigenvalue weighted by molar-refractivity contribution is 6.06. The number of rotatable bonds is 7. The SMILES string of the molecule is CC(C)(C)OC(=O)NCc1ccc(NC(=O)c2ccc(C(=O)Nc3ccc(C4=CCN(C(=O)OC(C)(C)C)CC4)cc3)nc2)cc1. The molecule has 0 unspecified atom stereocenters. The van der Waals surface area contributed by atoms with Gasteiger partial charge in [0.25, 0.3) is 11.8 Å². The van der Waals surface area contributed by atoms with Gasteiger partial charge in [0.1, 0.15) is 16.9 Å². The third-order valence-electron chi connectivity index (χ3n) is 6.68. The molecule has 46 heavy (non-hydrogen) atoms. The average Bonchev–Trinajstić information content (AvgIpc) is 2.99. The topological polar surface area (TPSA) is 139 Å². The maximum atomic E-state index is 12.8. The molecular formula is C35H41N5O6. The summed E-state index contributed by atoms with van der Waals surface area (Å²) in [5, 5.41) is 8.32. The van der Waals surface area contributed by atoms with Gasteiger partial charge in [-0.05, 0) is 101 Å². The molecule has 0 spiro atoms. The number of carbonyl (C=O) groups is 4. The molecule has 0 radical (unpaired) electrons. The van der Waals surface area contributed by atoms with Crippen molar-refractivity contribution in [3.63, 3.8) is 0 Å². The maximum absolute atomic E-state index is 12.8. The maximum Gasteiger partial charge on any atom is 0.410 e. The smallest absolute Gasteiger partial charge is 0.410 e. The summed E-state index contributed by atoms with van der Waals surface area (Å²) in [5.74, 6) is -0.777. The molecule has 3 N–H and O–H groups in total. The van der Waals surface area contributed by atoms with Gasteiger partial charge in [0.2, 0.25) is 0 Å². The van der Waals surface area contributed by atoms with Crippen LogP contribution in [0.25, 0.3) is 5.57 Å². The van der Waals surface area contributed by atoms with E-state index in [1.54, 1.807) is 49.9 Å². The lowest BCUT2D eigenvalue weighted by Gasteiger charge is -2.29. The number of hydrogen-bond acceptors (Lipinski definition) is 7. The molecule has 11 nitrogen and oxygen atoms in total. The highest BCUT2D eigenvalue weighted by Crippen LogP contribution is 2.25. The number of nitrogens with one attached hydrogen (secondary N) is 3. The number of alkyl carbamates (subject to hydrolysis) is 1. The number of hydrogen-bond donors (Lipinski definition) is 3.